The maximum absolute atomic E-state index is 11.9. The summed E-state index contributed by atoms with van der Waals surface area (Å²) in [4.78, 5) is 16.2. The molecule has 4 nitrogen and oxygen atoms in total. The van der Waals surface area contributed by atoms with Crippen LogP contribution in [-0.4, -0.2) is 33.7 Å². The Morgan fingerprint density at radius 3 is 3.00 bits per heavy atom. The number of aromatic nitrogens is 1. The predicted molar refractivity (Wildman–Crippen MR) is 75.6 cm³/mol. The molecule has 1 aromatic carbocycles. The molecule has 0 fully saturated rings. The second kappa shape index (κ2) is 5.58. The van der Waals surface area contributed by atoms with E-state index in [4.69, 9.17) is 0 Å². The number of aryl methyl sites for hydroxylation is 1. The van der Waals surface area contributed by atoms with Crippen LogP contribution in [-0.2, 0) is 10.8 Å². The quantitative estimate of drug-likeness (QED) is 0.929. The van der Waals surface area contributed by atoms with Gasteiger partial charge in [-0.15, -0.1) is 11.3 Å². The van der Waals surface area contributed by atoms with Crippen LogP contribution in [0.15, 0.2) is 18.2 Å². The number of hydrogen-bond acceptors (Lipinski definition) is 4. The van der Waals surface area contributed by atoms with Gasteiger partial charge in [0, 0.05) is 34.9 Å². The molecule has 1 amide bonds. The monoisotopic (exact) mass is 282 g/mol. The summed E-state index contributed by atoms with van der Waals surface area (Å²) < 4.78 is 11.9. The second-order valence-electron chi connectivity index (χ2n) is 3.95. The third kappa shape index (κ3) is 3.14. The fourth-order valence-electron chi connectivity index (χ4n) is 1.59. The zero-order valence-corrected chi connectivity index (χ0v) is 11.9. The van der Waals surface area contributed by atoms with E-state index in [1.54, 1.807) is 23.7 Å². The van der Waals surface area contributed by atoms with Crippen molar-refractivity contribution in [3.05, 3.63) is 28.8 Å². The van der Waals surface area contributed by atoms with Gasteiger partial charge in [0.1, 0.15) is 0 Å². The molecule has 18 heavy (non-hydrogen) atoms. The molecule has 0 saturated carbocycles. The SMILES string of the molecule is Cc1nc2ccc(C(=O)NCCS(C)=O)cc2s1. The zero-order chi connectivity index (χ0) is 13.1. The van der Waals surface area contributed by atoms with Crippen molar-refractivity contribution in [3.63, 3.8) is 0 Å². The first-order chi connectivity index (χ1) is 8.56. The summed E-state index contributed by atoms with van der Waals surface area (Å²) in [6.45, 7) is 2.38. The Morgan fingerprint density at radius 1 is 1.50 bits per heavy atom. The van der Waals surface area contributed by atoms with Crippen molar-refractivity contribution in [3.8, 4) is 0 Å². The number of amides is 1. The van der Waals surface area contributed by atoms with Crippen molar-refractivity contribution < 1.29 is 9.00 Å². The molecule has 1 heterocycles. The lowest BCUT2D eigenvalue weighted by Gasteiger charge is -2.03. The highest BCUT2D eigenvalue weighted by atomic mass is 32.2. The number of nitrogens with zero attached hydrogens (tertiary/aromatic N) is 1. The maximum atomic E-state index is 11.9. The Kier molecular flexibility index (Phi) is 4.08. The summed E-state index contributed by atoms with van der Waals surface area (Å²) in [5, 5.41) is 3.74. The highest BCUT2D eigenvalue weighted by Gasteiger charge is 2.08. The number of hydrogen-bond donors (Lipinski definition) is 1. The van der Waals surface area contributed by atoms with E-state index in [0.717, 1.165) is 15.2 Å². The summed E-state index contributed by atoms with van der Waals surface area (Å²) in [6.07, 6.45) is 1.62. The molecule has 0 radical (unpaired) electrons. The average molecular weight is 282 g/mol. The summed E-state index contributed by atoms with van der Waals surface area (Å²) in [5.74, 6) is 0.349. The largest absolute Gasteiger partial charge is 0.351 e. The fourth-order valence-corrected chi connectivity index (χ4v) is 2.85. The van der Waals surface area contributed by atoms with Gasteiger partial charge in [0.05, 0.1) is 15.2 Å². The van der Waals surface area contributed by atoms with Gasteiger partial charge in [-0.1, -0.05) is 0 Å². The van der Waals surface area contributed by atoms with Crippen LogP contribution < -0.4 is 5.32 Å². The first kappa shape index (κ1) is 13.2. The Hall–Kier alpha value is -1.27. The number of carbonyl (C=O) groups excluding carboxylic acids is 1. The Bertz CT molecular complexity index is 607. The first-order valence-corrected chi connectivity index (χ1v) is 8.06. The molecule has 0 saturated heterocycles. The molecule has 96 valence electrons. The average Bonchev–Trinajstić information content (AvgIpc) is 2.67. The van der Waals surface area contributed by atoms with E-state index < -0.39 is 10.8 Å². The van der Waals surface area contributed by atoms with Gasteiger partial charge in [0.2, 0.25) is 0 Å². The van der Waals surface area contributed by atoms with E-state index >= 15 is 0 Å². The van der Waals surface area contributed by atoms with Gasteiger partial charge < -0.3 is 5.32 Å². The lowest BCUT2D eigenvalue weighted by atomic mass is 10.2. The number of fused-ring (bicyclic) bond motifs is 1. The van der Waals surface area contributed by atoms with Crippen molar-refractivity contribution in [1.29, 1.82) is 0 Å². The standard InChI is InChI=1S/C12H14N2O2S2/c1-8-14-10-4-3-9(7-11(10)17-8)12(15)13-5-6-18(2)16/h3-4,7H,5-6H2,1-2H3,(H,13,15). The molecule has 2 rings (SSSR count). The zero-order valence-electron chi connectivity index (χ0n) is 10.2. The maximum Gasteiger partial charge on any atom is 0.251 e. The molecule has 0 bridgehead atoms. The summed E-state index contributed by atoms with van der Waals surface area (Å²) in [5.41, 5.74) is 1.54. The van der Waals surface area contributed by atoms with Crippen LogP contribution in [0, 0.1) is 6.92 Å². The van der Waals surface area contributed by atoms with E-state index in [1.165, 1.54) is 0 Å². The third-order valence-electron chi connectivity index (χ3n) is 2.43. The molecular formula is C12H14N2O2S2. The Labute approximate surface area is 112 Å². The van der Waals surface area contributed by atoms with Crippen LogP contribution in [0.5, 0.6) is 0 Å². The van der Waals surface area contributed by atoms with Crippen molar-refractivity contribution in [1.82, 2.24) is 10.3 Å². The van der Waals surface area contributed by atoms with Gasteiger partial charge in [0.15, 0.2) is 0 Å². The lowest BCUT2D eigenvalue weighted by molar-refractivity contribution is 0.0956. The first-order valence-electron chi connectivity index (χ1n) is 5.51. The fraction of sp³-hybridized carbons (Fsp3) is 0.333. The highest BCUT2D eigenvalue weighted by Crippen LogP contribution is 2.22. The van der Waals surface area contributed by atoms with Gasteiger partial charge in [-0.2, -0.15) is 0 Å². The summed E-state index contributed by atoms with van der Waals surface area (Å²) >= 11 is 1.57. The van der Waals surface area contributed by atoms with Crippen LogP contribution in [0.3, 0.4) is 0 Å². The minimum absolute atomic E-state index is 0.131. The number of thiazole rings is 1. The molecule has 0 aliphatic rings. The summed E-state index contributed by atoms with van der Waals surface area (Å²) in [7, 11) is -0.880. The highest BCUT2D eigenvalue weighted by molar-refractivity contribution is 7.84. The van der Waals surface area contributed by atoms with Crippen molar-refractivity contribution in [2.45, 2.75) is 6.92 Å². The Morgan fingerprint density at radius 2 is 2.28 bits per heavy atom. The molecule has 0 spiro atoms. The van der Waals surface area contributed by atoms with Gasteiger partial charge in [0.25, 0.3) is 5.91 Å². The number of benzene rings is 1. The van der Waals surface area contributed by atoms with Crippen LogP contribution >= 0.6 is 11.3 Å². The van der Waals surface area contributed by atoms with Crippen LogP contribution in [0.1, 0.15) is 15.4 Å². The van der Waals surface area contributed by atoms with Crippen molar-refractivity contribution >= 4 is 38.3 Å². The van der Waals surface area contributed by atoms with Crippen LogP contribution in [0.25, 0.3) is 10.2 Å². The molecule has 1 N–H and O–H groups in total. The minimum atomic E-state index is -0.880. The molecule has 1 aromatic heterocycles. The van der Waals surface area contributed by atoms with Gasteiger partial charge >= 0.3 is 0 Å². The van der Waals surface area contributed by atoms with Crippen LogP contribution in [0.4, 0.5) is 0 Å². The molecule has 6 heteroatoms. The van der Waals surface area contributed by atoms with Gasteiger partial charge in [-0.25, -0.2) is 4.98 Å². The van der Waals surface area contributed by atoms with E-state index in [-0.39, 0.29) is 5.91 Å². The smallest absolute Gasteiger partial charge is 0.251 e. The number of nitrogens with one attached hydrogen (secondary N) is 1. The van der Waals surface area contributed by atoms with Crippen molar-refractivity contribution in [2.75, 3.05) is 18.6 Å². The molecule has 0 aliphatic heterocycles. The van der Waals surface area contributed by atoms with E-state index in [0.29, 0.717) is 17.9 Å². The molecule has 0 aliphatic carbocycles. The van der Waals surface area contributed by atoms with E-state index in [2.05, 4.69) is 10.3 Å². The lowest BCUT2D eigenvalue weighted by Crippen LogP contribution is -2.27. The van der Waals surface area contributed by atoms with Crippen molar-refractivity contribution in [2.24, 2.45) is 0 Å². The normalized spacial score (nSPS) is 12.6. The van der Waals surface area contributed by atoms with Crippen LogP contribution in [0.2, 0.25) is 0 Å². The van der Waals surface area contributed by atoms with Gasteiger partial charge in [-0.3, -0.25) is 9.00 Å². The third-order valence-corrected chi connectivity index (χ3v) is 4.15. The molecular weight excluding hydrogens is 268 g/mol. The molecule has 2 aromatic rings. The predicted octanol–water partition coefficient (Wildman–Crippen LogP) is 1.71. The molecule has 1 atom stereocenters. The second-order valence-corrected chi connectivity index (χ2v) is 6.74. The minimum Gasteiger partial charge on any atom is -0.351 e. The van der Waals surface area contributed by atoms with E-state index in [1.807, 2.05) is 19.1 Å². The Balaban J connectivity index is 2.10. The summed E-state index contributed by atoms with van der Waals surface area (Å²) in [6, 6.07) is 5.46. The van der Waals surface area contributed by atoms with E-state index in [9.17, 15) is 9.00 Å². The number of carbonyl (C=O) groups is 1. The topological polar surface area (TPSA) is 59.1 Å². The number of rotatable bonds is 4. The molecule has 1 unspecified atom stereocenters. The van der Waals surface area contributed by atoms with Gasteiger partial charge in [-0.05, 0) is 25.1 Å².